The van der Waals surface area contributed by atoms with Gasteiger partial charge in [-0.05, 0) is 6.42 Å². The van der Waals surface area contributed by atoms with Gasteiger partial charge in [-0.15, -0.1) is 0 Å². The summed E-state index contributed by atoms with van der Waals surface area (Å²) in [6, 6.07) is 0. The first-order chi connectivity index (χ1) is 9.24. The first-order valence-electron chi connectivity index (χ1n) is 6.98. The minimum Gasteiger partial charge on any atom is -0.465 e. The largest absolute Gasteiger partial charge is 0.465 e. The first-order valence-corrected chi connectivity index (χ1v) is 6.98. The van der Waals surface area contributed by atoms with Crippen molar-refractivity contribution in [1.82, 2.24) is 0 Å². The van der Waals surface area contributed by atoms with E-state index in [4.69, 9.17) is 9.47 Å². The Bertz CT molecular complexity index is 230. The number of methoxy groups -OCH3 is 1. The number of hydrogen-bond acceptors (Lipinski definition) is 5. The van der Waals surface area contributed by atoms with E-state index in [1.165, 1.54) is 32.8 Å². The van der Waals surface area contributed by atoms with Crippen molar-refractivity contribution in [3.05, 3.63) is 0 Å². The van der Waals surface area contributed by atoms with Gasteiger partial charge in [0.15, 0.2) is 0 Å². The summed E-state index contributed by atoms with van der Waals surface area (Å²) in [5.74, 6) is -0.219. The molecule has 5 nitrogen and oxygen atoms in total. The van der Waals surface area contributed by atoms with Gasteiger partial charge in [-0.2, -0.15) is 0 Å². The second kappa shape index (κ2) is 13.3. The van der Waals surface area contributed by atoms with Crippen LogP contribution in [0.3, 0.4) is 0 Å². The minimum atomic E-state index is -0.390. The van der Waals surface area contributed by atoms with Crippen LogP contribution >= 0.6 is 0 Å². The fourth-order valence-corrected chi connectivity index (χ4v) is 1.64. The third kappa shape index (κ3) is 11.7. The van der Waals surface area contributed by atoms with E-state index >= 15 is 0 Å². The average molecular weight is 274 g/mol. The Labute approximate surface area is 115 Å². The molecule has 0 aromatic heterocycles. The molecule has 1 atom stereocenters. The Hall–Kier alpha value is -1.10. The summed E-state index contributed by atoms with van der Waals surface area (Å²) in [7, 11) is 1.49. The summed E-state index contributed by atoms with van der Waals surface area (Å²) in [6.07, 6.45) is 6.88. The molecule has 0 aliphatic rings. The maximum Gasteiger partial charge on any atom is 0.305 e. The average Bonchev–Trinajstić information content (AvgIpc) is 2.43. The van der Waals surface area contributed by atoms with Crippen molar-refractivity contribution in [2.45, 2.75) is 58.0 Å². The summed E-state index contributed by atoms with van der Waals surface area (Å²) in [4.78, 5) is 21.5. The van der Waals surface area contributed by atoms with E-state index in [0.717, 1.165) is 12.8 Å². The fraction of sp³-hybridized carbons (Fsp3) is 0.857. The van der Waals surface area contributed by atoms with Crippen LogP contribution in [-0.4, -0.2) is 38.9 Å². The Morgan fingerprint density at radius 3 is 2.42 bits per heavy atom. The van der Waals surface area contributed by atoms with Crippen molar-refractivity contribution in [2.75, 3.05) is 20.3 Å². The zero-order valence-corrected chi connectivity index (χ0v) is 12.1. The van der Waals surface area contributed by atoms with E-state index in [-0.39, 0.29) is 19.2 Å². The lowest BCUT2D eigenvalue weighted by molar-refractivity contribution is -0.149. The number of carbonyl (C=O) groups is 2. The van der Waals surface area contributed by atoms with Gasteiger partial charge < -0.3 is 14.2 Å². The molecule has 0 N–H and O–H groups in total. The summed E-state index contributed by atoms with van der Waals surface area (Å²) >= 11 is 0. The summed E-state index contributed by atoms with van der Waals surface area (Å²) in [5.41, 5.74) is 0. The highest BCUT2D eigenvalue weighted by Crippen LogP contribution is 2.07. The third-order valence-corrected chi connectivity index (χ3v) is 2.85. The van der Waals surface area contributed by atoms with E-state index in [1.807, 2.05) is 0 Å². The predicted molar refractivity (Wildman–Crippen MR) is 71.8 cm³/mol. The van der Waals surface area contributed by atoms with Crippen LogP contribution in [0.25, 0.3) is 0 Å². The van der Waals surface area contributed by atoms with E-state index in [2.05, 4.69) is 11.7 Å². The maximum atomic E-state index is 11.4. The molecule has 0 spiro atoms. The third-order valence-electron chi connectivity index (χ3n) is 2.85. The molecular weight excluding hydrogens is 248 g/mol. The second-order valence-corrected chi connectivity index (χ2v) is 4.49. The molecule has 0 aliphatic heterocycles. The normalized spacial score (nSPS) is 11.9. The van der Waals surface area contributed by atoms with Gasteiger partial charge in [-0.3, -0.25) is 9.59 Å². The van der Waals surface area contributed by atoms with Crippen LogP contribution in [0.4, 0.5) is 0 Å². The van der Waals surface area contributed by atoms with Crippen LogP contribution in [0.2, 0.25) is 0 Å². The zero-order chi connectivity index (χ0) is 14.3. The maximum absolute atomic E-state index is 11.4. The Morgan fingerprint density at radius 2 is 1.79 bits per heavy atom. The fourth-order valence-electron chi connectivity index (χ4n) is 1.64. The molecule has 0 bridgehead atoms. The van der Waals surface area contributed by atoms with Gasteiger partial charge in [0.05, 0.1) is 0 Å². The quantitative estimate of drug-likeness (QED) is 0.293. The van der Waals surface area contributed by atoms with Crippen LogP contribution < -0.4 is 0 Å². The Morgan fingerprint density at radius 1 is 1.11 bits per heavy atom. The molecule has 19 heavy (non-hydrogen) atoms. The van der Waals surface area contributed by atoms with Gasteiger partial charge in [-0.25, -0.2) is 0 Å². The van der Waals surface area contributed by atoms with Crippen LogP contribution in [0, 0.1) is 0 Å². The number of esters is 1. The highest BCUT2D eigenvalue weighted by atomic mass is 16.6. The lowest BCUT2D eigenvalue weighted by Crippen LogP contribution is -2.25. The van der Waals surface area contributed by atoms with Crippen molar-refractivity contribution in [3.8, 4) is 0 Å². The minimum absolute atomic E-state index is 0.101. The standard InChI is InChI=1S/C14H26O5/c1-3-4-5-6-7-8-9-14(16)19-11-13(17-2)10-18-12-15/h12-13H,3-11H2,1-2H3. The van der Waals surface area contributed by atoms with E-state index < -0.39 is 6.10 Å². The first kappa shape index (κ1) is 17.9. The molecule has 0 aromatic carbocycles. The summed E-state index contributed by atoms with van der Waals surface area (Å²) < 4.78 is 14.6. The van der Waals surface area contributed by atoms with E-state index in [9.17, 15) is 9.59 Å². The molecule has 0 fully saturated rings. The van der Waals surface area contributed by atoms with Crippen LogP contribution in [0.15, 0.2) is 0 Å². The van der Waals surface area contributed by atoms with Gasteiger partial charge in [0, 0.05) is 13.5 Å². The van der Waals surface area contributed by atoms with E-state index in [0.29, 0.717) is 12.9 Å². The zero-order valence-electron chi connectivity index (χ0n) is 12.1. The molecule has 1 unspecified atom stereocenters. The topological polar surface area (TPSA) is 61.8 Å². The summed E-state index contributed by atoms with van der Waals surface area (Å²) in [6.45, 7) is 2.76. The second-order valence-electron chi connectivity index (χ2n) is 4.49. The molecule has 0 radical (unpaired) electrons. The lowest BCUT2D eigenvalue weighted by atomic mass is 10.1. The van der Waals surface area contributed by atoms with Crippen LogP contribution in [-0.2, 0) is 23.8 Å². The number of rotatable bonds is 13. The Balaban J connectivity index is 3.48. The monoisotopic (exact) mass is 274 g/mol. The van der Waals surface area contributed by atoms with Crippen LogP contribution in [0.1, 0.15) is 51.9 Å². The Kier molecular flexibility index (Phi) is 12.6. The smallest absolute Gasteiger partial charge is 0.305 e. The molecule has 0 saturated heterocycles. The lowest BCUT2D eigenvalue weighted by Gasteiger charge is -2.14. The van der Waals surface area contributed by atoms with Gasteiger partial charge >= 0.3 is 5.97 Å². The molecule has 0 amide bonds. The van der Waals surface area contributed by atoms with Crippen molar-refractivity contribution in [3.63, 3.8) is 0 Å². The highest BCUT2D eigenvalue weighted by Gasteiger charge is 2.11. The summed E-state index contributed by atoms with van der Waals surface area (Å²) in [5, 5.41) is 0. The van der Waals surface area contributed by atoms with Crippen LogP contribution in [0.5, 0.6) is 0 Å². The van der Waals surface area contributed by atoms with Gasteiger partial charge in [0.1, 0.15) is 19.3 Å². The molecule has 0 aliphatic carbocycles. The van der Waals surface area contributed by atoms with Crippen molar-refractivity contribution >= 4 is 12.4 Å². The molecule has 0 aromatic rings. The SMILES string of the molecule is CCCCCCCCC(=O)OCC(COC=O)OC. The predicted octanol–water partition coefficient (Wildman–Crippen LogP) is 2.47. The highest BCUT2D eigenvalue weighted by molar-refractivity contribution is 5.69. The van der Waals surface area contributed by atoms with Crippen molar-refractivity contribution < 1.29 is 23.8 Å². The number of unbranched alkanes of at least 4 members (excludes halogenated alkanes) is 5. The van der Waals surface area contributed by atoms with Gasteiger partial charge in [-0.1, -0.05) is 39.0 Å². The number of carbonyl (C=O) groups excluding carboxylic acids is 2. The molecule has 0 heterocycles. The molecule has 112 valence electrons. The molecule has 0 rings (SSSR count). The van der Waals surface area contributed by atoms with E-state index in [1.54, 1.807) is 0 Å². The molecule has 5 heteroatoms. The van der Waals surface area contributed by atoms with Gasteiger partial charge in [0.2, 0.25) is 0 Å². The molecular formula is C14H26O5. The van der Waals surface area contributed by atoms with Gasteiger partial charge in [0.25, 0.3) is 6.47 Å². The van der Waals surface area contributed by atoms with Crippen molar-refractivity contribution in [2.24, 2.45) is 0 Å². The van der Waals surface area contributed by atoms with Crippen molar-refractivity contribution in [1.29, 1.82) is 0 Å². The molecule has 0 saturated carbocycles. The number of hydrogen-bond donors (Lipinski definition) is 0. The number of ether oxygens (including phenoxy) is 3.